The molecule has 1 aromatic carbocycles. The molecule has 0 radical (unpaired) electrons. The first-order valence-electron chi connectivity index (χ1n) is 6.78. The SMILES string of the molecule is O=C(NOC[C@H](O)CO)c1ccncc1Nc1ccc(I)cc1. The fourth-order valence-electron chi connectivity index (χ4n) is 1.69. The number of anilines is 2. The Morgan fingerprint density at radius 3 is 2.74 bits per heavy atom. The number of hydrogen-bond donors (Lipinski definition) is 4. The topological polar surface area (TPSA) is 104 Å². The minimum Gasteiger partial charge on any atom is -0.394 e. The fraction of sp³-hybridized carbons (Fsp3) is 0.200. The van der Waals surface area contributed by atoms with Gasteiger partial charge >= 0.3 is 0 Å². The summed E-state index contributed by atoms with van der Waals surface area (Å²) in [6.07, 6.45) is 1.99. The van der Waals surface area contributed by atoms with Crippen LogP contribution in [0.2, 0.25) is 0 Å². The summed E-state index contributed by atoms with van der Waals surface area (Å²) in [5.41, 5.74) is 3.91. The summed E-state index contributed by atoms with van der Waals surface area (Å²) in [4.78, 5) is 21.0. The van der Waals surface area contributed by atoms with Crippen LogP contribution < -0.4 is 10.8 Å². The second-order valence-corrected chi connectivity index (χ2v) is 5.88. The van der Waals surface area contributed by atoms with E-state index in [1.807, 2.05) is 24.3 Å². The van der Waals surface area contributed by atoms with Crippen molar-refractivity contribution in [3.05, 3.63) is 51.9 Å². The number of benzene rings is 1. The molecule has 4 N–H and O–H groups in total. The highest BCUT2D eigenvalue weighted by molar-refractivity contribution is 14.1. The predicted octanol–water partition coefficient (Wildman–Crippen LogP) is 1.44. The van der Waals surface area contributed by atoms with Crippen LogP contribution >= 0.6 is 22.6 Å². The van der Waals surface area contributed by atoms with Gasteiger partial charge in [0.2, 0.25) is 0 Å². The van der Waals surface area contributed by atoms with Crippen molar-refractivity contribution < 1.29 is 19.8 Å². The van der Waals surface area contributed by atoms with Gasteiger partial charge in [0, 0.05) is 15.5 Å². The van der Waals surface area contributed by atoms with Crippen LogP contribution in [0.1, 0.15) is 10.4 Å². The normalized spacial score (nSPS) is 11.8. The van der Waals surface area contributed by atoms with Crippen molar-refractivity contribution in [3.63, 3.8) is 0 Å². The molecule has 0 saturated carbocycles. The average Bonchev–Trinajstić information content (AvgIpc) is 2.57. The average molecular weight is 429 g/mol. The lowest BCUT2D eigenvalue weighted by Gasteiger charge is -2.12. The number of halogens is 1. The molecule has 1 atom stereocenters. The molecule has 0 bridgehead atoms. The molecule has 1 aromatic heterocycles. The molecule has 7 nitrogen and oxygen atoms in total. The molecule has 0 aliphatic heterocycles. The largest absolute Gasteiger partial charge is 0.394 e. The molecular weight excluding hydrogens is 413 g/mol. The van der Waals surface area contributed by atoms with Crippen molar-refractivity contribution in [2.75, 3.05) is 18.5 Å². The Morgan fingerprint density at radius 1 is 1.30 bits per heavy atom. The molecule has 8 heteroatoms. The van der Waals surface area contributed by atoms with Gasteiger partial charge in [-0.15, -0.1) is 0 Å². The van der Waals surface area contributed by atoms with Gasteiger partial charge < -0.3 is 15.5 Å². The Morgan fingerprint density at radius 2 is 2.04 bits per heavy atom. The maximum Gasteiger partial charge on any atom is 0.277 e. The fourth-order valence-corrected chi connectivity index (χ4v) is 2.05. The van der Waals surface area contributed by atoms with Crippen molar-refractivity contribution in [1.29, 1.82) is 0 Å². The van der Waals surface area contributed by atoms with E-state index >= 15 is 0 Å². The number of pyridine rings is 1. The van der Waals surface area contributed by atoms with Gasteiger partial charge in [0.05, 0.1) is 24.1 Å². The number of hydroxylamine groups is 1. The molecule has 0 aliphatic rings. The van der Waals surface area contributed by atoms with Crippen LogP contribution in [-0.2, 0) is 4.84 Å². The van der Waals surface area contributed by atoms with Crippen molar-refractivity contribution in [1.82, 2.24) is 10.5 Å². The quantitative estimate of drug-likeness (QED) is 0.393. The van der Waals surface area contributed by atoms with Crippen LogP contribution in [0.3, 0.4) is 0 Å². The zero-order chi connectivity index (χ0) is 16.7. The highest BCUT2D eigenvalue weighted by atomic mass is 127. The molecule has 0 fully saturated rings. The van der Waals surface area contributed by atoms with Crippen molar-refractivity contribution >= 4 is 39.9 Å². The summed E-state index contributed by atoms with van der Waals surface area (Å²) < 4.78 is 1.10. The molecule has 0 spiro atoms. The van der Waals surface area contributed by atoms with Gasteiger partial charge in [-0.2, -0.15) is 0 Å². The van der Waals surface area contributed by atoms with E-state index in [2.05, 4.69) is 38.4 Å². The lowest BCUT2D eigenvalue weighted by Crippen LogP contribution is -2.30. The molecule has 122 valence electrons. The van der Waals surface area contributed by atoms with Crippen LogP contribution in [0.15, 0.2) is 42.7 Å². The first-order valence-corrected chi connectivity index (χ1v) is 7.85. The number of hydrogen-bond acceptors (Lipinski definition) is 6. The van der Waals surface area contributed by atoms with E-state index in [4.69, 9.17) is 15.1 Å². The van der Waals surface area contributed by atoms with E-state index < -0.39 is 18.6 Å². The van der Waals surface area contributed by atoms with E-state index in [1.165, 1.54) is 12.4 Å². The third kappa shape index (κ3) is 5.43. The monoisotopic (exact) mass is 429 g/mol. The van der Waals surface area contributed by atoms with E-state index in [1.54, 1.807) is 6.07 Å². The minimum atomic E-state index is -1.04. The van der Waals surface area contributed by atoms with Gasteiger partial charge in [0.25, 0.3) is 5.91 Å². The lowest BCUT2D eigenvalue weighted by molar-refractivity contribution is -0.0295. The smallest absolute Gasteiger partial charge is 0.277 e. The molecular formula is C15H16IN3O4. The Hall–Kier alpha value is -1.75. The molecule has 0 saturated heterocycles. The number of carbonyl (C=O) groups excluding carboxylic acids is 1. The first-order chi connectivity index (χ1) is 11.1. The Kier molecular flexibility index (Phi) is 6.71. The summed E-state index contributed by atoms with van der Waals surface area (Å²) in [5.74, 6) is -0.481. The Balaban J connectivity index is 2.04. The number of rotatable bonds is 7. The maximum atomic E-state index is 12.1. The number of aromatic nitrogens is 1. The summed E-state index contributed by atoms with van der Waals surface area (Å²) >= 11 is 2.21. The van der Waals surface area contributed by atoms with Gasteiger partial charge in [-0.25, -0.2) is 5.48 Å². The number of carbonyl (C=O) groups is 1. The van der Waals surface area contributed by atoms with E-state index in [0.717, 1.165) is 9.26 Å². The standard InChI is InChI=1S/C15H16IN3O4/c16-10-1-3-11(4-2-10)18-14-7-17-6-5-13(14)15(22)19-23-9-12(21)8-20/h1-7,12,18,20-21H,8-9H2,(H,19,22)/t12-/m1/s1. The number of aliphatic hydroxyl groups is 2. The van der Waals surface area contributed by atoms with Crippen LogP contribution in [0.5, 0.6) is 0 Å². The number of nitrogens with one attached hydrogen (secondary N) is 2. The van der Waals surface area contributed by atoms with E-state index in [0.29, 0.717) is 11.3 Å². The second-order valence-electron chi connectivity index (χ2n) is 4.63. The highest BCUT2D eigenvalue weighted by Gasteiger charge is 2.12. The zero-order valence-corrected chi connectivity index (χ0v) is 14.2. The second kappa shape index (κ2) is 8.77. The molecule has 2 rings (SSSR count). The van der Waals surface area contributed by atoms with E-state index in [9.17, 15) is 4.79 Å². The number of amides is 1. The summed E-state index contributed by atoms with van der Waals surface area (Å²) in [7, 11) is 0. The molecule has 23 heavy (non-hydrogen) atoms. The van der Waals surface area contributed by atoms with Crippen LogP contribution in [0.25, 0.3) is 0 Å². The molecule has 1 heterocycles. The number of nitrogens with zero attached hydrogens (tertiary/aromatic N) is 1. The molecule has 0 aliphatic carbocycles. The Labute approximate surface area is 146 Å². The highest BCUT2D eigenvalue weighted by Crippen LogP contribution is 2.20. The third-order valence-corrected chi connectivity index (χ3v) is 3.56. The Bertz CT molecular complexity index is 651. The number of aliphatic hydroxyl groups excluding tert-OH is 2. The maximum absolute atomic E-state index is 12.1. The zero-order valence-electron chi connectivity index (χ0n) is 12.1. The van der Waals surface area contributed by atoms with Gasteiger partial charge in [-0.3, -0.25) is 14.6 Å². The van der Waals surface area contributed by atoms with Gasteiger partial charge in [-0.05, 0) is 52.9 Å². The van der Waals surface area contributed by atoms with Crippen molar-refractivity contribution in [3.8, 4) is 0 Å². The van der Waals surface area contributed by atoms with Crippen LogP contribution in [0, 0.1) is 3.57 Å². The van der Waals surface area contributed by atoms with E-state index in [-0.39, 0.29) is 6.61 Å². The van der Waals surface area contributed by atoms with Crippen LogP contribution in [0.4, 0.5) is 11.4 Å². The lowest BCUT2D eigenvalue weighted by atomic mass is 10.2. The summed E-state index contributed by atoms with van der Waals surface area (Å²) in [6.45, 7) is -0.641. The molecule has 2 aromatic rings. The van der Waals surface area contributed by atoms with Gasteiger partial charge in [0.1, 0.15) is 12.7 Å². The van der Waals surface area contributed by atoms with Crippen LogP contribution in [-0.4, -0.2) is 40.4 Å². The predicted molar refractivity (Wildman–Crippen MR) is 93.2 cm³/mol. The molecule has 0 unspecified atom stereocenters. The van der Waals surface area contributed by atoms with Crippen molar-refractivity contribution in [2.24, 2.45) is 0 Å². The summed E-state index contributed by atoms with van der Waals surface area (Å²) in [5, 5.41) is 21.0. The van der Waals surface area contributed by atoms with Gasteiger partial charge in [-0.1, -0.05) is 0 Å². The molecule has 1 amide bonds. The van der Waals surface area contributed by atoms with Gasteiger partial charge in [0.15, 0.2) is 0 Å². The van der Waals surface area contributed by atoms with Crippen molar-refractivity contribution in [2.45, 2.75) is 6.10 Å². The summed E-state index contributed by atoms with van der Waals surface area (Å²) in [6, 6.07) is 9.22. The first kappa shape index (κ1) is 17.6. The third-order valence-electron chi connectivity index (χ3n) is 2.84. The minimum absolute atomic E-state index is 0.201.